The molecule has 0 aromatic carbocycles. The molecule has 130 valence electrons. The topological polar surface area (TPSA) is 41.6 Å². The van der Waals surface area contributed by atoms with E-state index in [2.05, 4.69) is 11.6 Å². The summed E-state index contributed by atoms with van der Waals surface area (Å²) >= 11 is 1.92. The lowest BCUT2D eigenvalue weighted by atomic mass is 10.0. The molecule has 0 bridgehead atoms. The molecule has 1 unspecified atom stereocenters. The molecule has 1 amide bonds. The van der Waals surface area contributed by atoms with Crippen molar-refractivity contribution in [3.8, 4) is 0 Å². The molecule has 0 aromatic heterocycles. The minimum atomic E-state index is -0.413. The van der Waals surface area contributed by atoms with Crippen LogP contribution in [0.15, 0.2) is 0 Å². The number of hydrogen-bond acceptors (Lipinski definition) is 4. The Morgan fingerprint density at radius 3 is 2.73 bits per heavy atom. The summed E-state index contributed by atoms with van der Waals surface area (Å²) in [6, 6.07) is 0.287. The highest BCUT2D eigenvalue weighted by Crippen LogP contribution is 2.20. The first-order chi connectivity index (χ1) is 10.4. The molecular formula is C17H34N2O2S. The number of rotatable bonds is 8. The number of ether oxygens (including phenoxy) is 1. The van der Waals surface area contributed by atoms with E-state index in [0.717, 1.165) is 32.5 Å². The van der Waals surface area contributed by atoms with Gasteiger partial charge < -0.3 is 15.0 Å². The van der Waals surface area contributed by atoms with Crippen molar-refractivity contribution in [2.45, 2.75) is 70.9 Å². The van der Waals surface area contributed by atoms with Crippen LogP contribution in [0.2, 0.25) is 0 Å². The highest BCUT2D eigenvalue weighted by Gasteiger charge is 2.29. The first kappa shape index (κ1) is 19.6. The van der Waals surface area contributed by atoms with Crippen LogP contribution in [0, 0.1) is 0 Å². The fourth-order valence-electron chi connectivity index (χ4n) is 2.72. The third-order valence-corrected chi connectivity index (χ3v) is 4.53. The minimum absolute atomic E-state index is 0.154. The van der Waals surface area contributed by atoms with Gasteiger partial charge >= 0.3 is 6.09 Å². The summed E-state index contributed by atoms with van der Waals surface area (Å²) in [5, 5.41) is 3.52. The van der Waals surface area contributed by atoms with Gasteiger partial charge in [0.2, 0.25) is 0 Å². The summed E-state index contributed by atoms with van der Waals surface area (Å²) in [7, 11) is 0. The van der Waals surface area contributed by atoms with Crippen molar-refractivity contribution < 1.29 is 9.53 Å². The molecule has 1 N–H and O–H groups in total. The van der Waals surface area contributed by atoms with Crippen LogP contribution < -0.4 is 5.32 Å². The zero-order valence-corrected chi connectivity index (χ0v) is 15.6. The molecule has 1 aliphatic rings. The van der Waals surface area contributed by atoms with E-state index in [4.69, 9.17) is 4.74 Å². The van der Waals surface area contributed by atoms with Crippen LogP contribution in [0.25, 0.3) is 0 Å². The van der Waals surface area contributed by atoms with Gasteiger partial charge in [0.1, 0.15) is 5.60 Å². The SMILES string of the molecule is CSCCCCCNCC1CCCCN1C(=O)OC(C)(C)C. The lowest BCUT2D eigenvalue weighted by molar-refractivity contribution is 0.00997. The number of hydrogen-bond donors (Lipinski definition) is 1. The molecule has 1 saturated heterocycles. The van der Waals surface area contributed by atoms with E-state index < -0.39 is 5.60 Å². The Bertz CT molecular complexity index is 318. The van der Waals surface area contributed by atoms with Gasteiger partial charge in [0, 0.05) is 19.1 Å². The lowest BCUT2D eigenvalue weighted by Gasteiger charge is -2.37. The fourth-order valence-corrected chi connectivity index (χ4v) is 3.21. The highest BCUT2D eigenvalue weighted by molar-refractivity contribution is 7.98. The first-order valence-electron chi connectivity index (χ1n) is 8.63. The van der Waals surface area contributed by atoms with Gasteiger partial charge in [0.15, 0.2) is 0 Å². The largest absolute Gasteiger partial charge is 0.444 e. The summed E-state index contributed by atoms with van der Waals surface area (Å²) in [6.45, 7) is 8.55. The van der Waals surface area contributed by atoms with Crippen molar-refractivity contribution in [1.82, 2.24) is 10.2 Å². The van der Waals surface area contributed by atoms with Crippen LogP contribution in [-0.4, -0.2) is 54.3 Å². The molecule has 0 radical (unpaired) electrons. The Hall–Kier alpha value is -0.420. The summed E-state index contributed by atoms with van der Waals surface area (Å²) in [4.78, 5) is 14.2. The molecule has 1 fully saturated rings. The molecular weight excluding hydrogens is 296 g/mol. The maximum atomic E-state index is 12.3. The first-order valence-corrected chi connectivity index (χ1v) is 10.0. The Labute approximate surface area is 140 Å². The van der Waals surface area contributed by atoms with E-state index in [1.807, 2.05) is 37.4 Å². The van der Waals surface area contributed by atoms with E-state index in [1.165, 1.54) is 31.4 Å². The number of amides is 1. The van der Waals surface area contributed by atoms with Crippen LogP contribution >= 0.6 is 11.8 Å². The van der Waals surface area contributed by atoms with Crippen molar-refractivity contribution in [2.24, 2.45) is 0 Å². The predicted molar refractivity (Wildman–Crippen MR) is 95.7 cm³/mol. The number of likely N-dealkylation sites (tertiary alicyclic amines) is 1. The van der Waals surface area contributed by atoms with Crippen molar-refractivity contribution in [2.75, 3.05) is 31.6 Å². The third kappa shape index (κ3) is 8.28. The van der Waals surface area contributed by atoms with Gasteiger partial charge in [-0.25, -0.2) is 4.79 Å². The second-order valence-electron chi connectivity index (χ2n) is 7.08. The number of piperidine rings is 1. The molecule has 4 nitrogen and oxygen atoms in total. The third-order valence-electron chi connectivity index (χ3n) is 3.84. The smallest absolute Gasteiger partial charge is 0.410 e. The monoisotopic (exact) mass is 330 g/mol. The van der Waals surface area contributed by atoms with Crippen LogP contribution in [0.3, 0.4) is 0 Å². The van der Waals surface area contributed by atoms with Gasteiger partial charge in [-0.3, -0.25) is 0 Å². The number of nitrogens with zero attached hydrogens (tertiary/aromatic N) is 1. The van der Waals surface area contributed by atoms with Gasteiger partial charge in [-0.1, -0.05) is 6.42 Å². The number of carbonyl (C=O) groups excluding carboxylic acids is 1. The molecule has 1 rings (SSSR count). The maximum absolute atomic E-state index is 12.3. The second kappa shape index (κ2) is 10.4. The Morgan fingerprint density at radius 2 is 2.05 bits per heavy atom. The molecule has 5 heteroatoms. The Kier molecular flexibility index (Phi) is 9.25. The zero-order valence-electron chi connectivity index (χ0n) is 14.8. The van der Waals surface area contributed by atoms with Crippen LogP contribution in [0.1, 0.15) is 59.3 Å². The fraction of sp³-hybridized carbons (Fsp3) is 0.941. The van der Waals surface area contributed by atoms with Crippen LogP contribution in [-0.2, 0) is 4.74 Å². The van der Waals surface area contributed by atoms with E-state index in [1.54, 1.807) is 0 Å². The molecule has 1 atom stereocenters. The summed E-state index contributed by atoms with van der Waals surface area (Å²) in [5.41, 5.74) is -0.413. The summed E-state index contributed by atoms with van der Waals surface area (Å²) < 4.78 is 5.54. The molecule has 22 heavy (non-hydrogen) atoms. The van der Waals surface area contributed by atoms with Crippen LogP contribution in [0.4, 0.5) is 4.79 Å². The molecule has 0 saturated carbocycles. The Morgan fingerprint density at radius 1 is 1.27 bits per heavy atom. The van der Waals surface area contributed by atoms with Crippen LogP contribution in [0.5, 0.6) is 0 Å². The molecule has 1 heterocycles. The number of thioether (sulfide) groups is 1. The molecule has 0 spiro atoms. The predicted octanol–water partition coefficient (Wildman–Crippen LogP) is 3.90. The molecule has 0 aromatic rings. The van der Waals surface area contributed by atoms with Crippen molar-refractivity contribution in [1.29, 1.82) is 0 Å². The standard InChI is InChI=1S/C17H34N2O2S/c1-17(2,3)21-16(20)19-12-8-6-10-15(19)14-18-11-7-5-9-13-22-4/h15,18H,5-14H2,1-4H3. The maximum Gasteiger partial charge on any atom is 0.410 e. The summed E-state index contributed by atoms with van der Waals surface area (Å²) in [5.74, 6) is 1.26. The highest BCUT2D eigenvalue weighted by atomic mass is 32.2. The Balaban J connectivity index is 2.28. The lowest BCUT2D eigenvalue weighted by Crippen LogP contribution is -2.50. The van der Waals surface area contributed by atoms with E-state index >= 15 is 0 Å². The van der Waals surface area contributed by atoms with Gasteiger partial charge in [-0.05, 0) is 71.4 Å². The quantitative estimate of drug-likeness (QED) is 0.685. The van der Waals surface area contributed by atoms with E-state index in [0.29, 0.717) is 0 Å². The van der Waals surface area contributed by atoms with Gasteiger partial charge in [-0.15, -0.1) is 0 Å². The van der Waals surface area contributed by atoms with Gasteiger partial charge in [0.25, 0.3) is 0 Å². The minimum Gasteiger partial charge on any atom is -0.444 e. The number of nitrogens with one attached hydrogen (secondary N) is 1. The number of carbonyl (C=O) groups is 1. The molecule has 1 aliphatic heterocycles. The second-order valence-corrected chi connectivity index (χ2v) is 8.07. The van der Waals surface area contributed by atoms with E-state index in [-0.39, 0.29) is 12.1 Å². The normalized spacial score (nSPS) is 19.3. The average molecular weight is 331 g/mol. The zero-order chi connectivity index (χ0) is 16.4. The van der Waals surface area contributed by atoms with Crippen molar-refractivity contribution in [3.05, 3.63) is 0 Å². The van der Waals surface area contributed by atoms with Gasteiger partial charge in [0.05, 0.1) is 0 Å². The van der Waals surface area contributed by atoms with Crippen molar-refractivity contribution in [3.63, 3.8) is 0 Å². The number of unbranched alkanes of at least 4 members (excludes halogenated alkanes) is 2. The van der Waals surface area contributed by atoms with Crippen molar-refractivity contribution >= 4 is 17.9 Å². The average Bonchev–Trinajstić information content (AvgIpc) is 2.45. The van der Waals surface area contributed by atoms with Gasteiger partial charge in [-0.2, -0.15) is 11.8 Å². The summed E-state index contributed by atoms with van der Waals surface area (Å²) in [6.07, 6.45) is 9.19. The molecule has 0 aliphatic carbocycles. The van der Waals surface area contributed by atoms with E-state index in [9.17, 15) is 4.79 Å².